The summed E-state index contributed by atoms with van der Waals surface area (Å²) in [6, 6.07) is 8.20. The van der Waals surface area contributed by atoms with Gasteiger partial charge in [-0.3, -0.25) is 4.79 Å². The van der Waals surface area contributed by atoms with Crippen LogP contribution in [0.1, 0.15) is 42.5 Å². The Morgan fingerprint density at radius 3 is 2.92 bits per heavy atom. The van der Waals surface area contributed by atoms with E-state index in [1.165, 1.54) is 25.7 Å². The second kappa shape index (κ2) is 5.62. The van der Waals surface area contributed by atoms with E-state index in [1.54, 1.807) is 0 Å². The van der Waals surface area contributed by atoms with Gasteiger partial charge < -0.3 is 15.0 Å². The summed E-state index contributed by atoms with van der Waals surface area (Å²) >= 11 is 0. The number of aromatic amines is 1. The number of nitrogens with one attached hydrogen (secondary N) is 2. The fourth-order valence-corrected chi connectivity index (χ4v) is 5.29. The lowest BCUT2D eigenvalue weighted by atomic mass is 9.61. The van der Waals surface area contributed by atoms with Crippen molar-refractivity contribution < 1.29 is 9.53 Å². The van der Waals surface area contributed by atoms with Crippen molar-refractivity contribution in [3.63, 3.8) is 0 Å². The van der Waals surface area contributed by atoms with Crippen molar-refractivity contribution in [2.24, 2.45) is 17.8 Å². The average Bonchev–Trinajstić information content (AvgIpc) is 3.33. The highest BCUT2D eigenvalue weighted by molar-refractivity contribution is 5.98. The number of rotatable bonds is 3. The van der Waals surface area contributed by atoms with Gasteiger partial charge in [0.2, 0.25) is 0 Å². The van der Waals surface area contributed by atoms with E-state index < -0.39 is 0 Å². The van der Waals surface area contributed by atoms with E-state index in [-0.39, 0.29) is 5.91 Å². The SMILES string of the molecule is O=C(N[C@H]1[C@H]2CCO[C@H]2[C@H]1C1CCCC1)c1ccc2[nH]ccc2c1. The van der Waals surface area contributed by atoms with Crippen molar-refractivity contribution in [2.75, 3.05) is 6.61 Å². The summed E-state index contributed by atoms with van der Waals surface area (Å²) in [4.78, 5) is 16.0. The maximum absolute atomic E-state index is 12.8. The quantitative estimate of drug-likeness (QED) is 0.908. The van der Waals surface area contributed by atoms with Gasteiger partial charge in [0.25, 0.3) is 5.91 Å². The molecule has 0 unspecified atom stereocenters. The fourth-order valence-electron chi connectivity index (χ4n) is 5.29. The van der Waals surface area contributed by atoms with E-state index in [1.807, 2.05) is 30.5 Å². The summed E-state index contributed by atoms with van der Waals surface area (Å²) in [5, 5.41) is 4.45. The molecule has 3 aliphatic rings. The van der Waals surface area contributed by atoms with Crippen LogP contribution in [0, 0.1) is 17.8 Å². The van der Waals surface area contributed by atoms with E-state index in [4.69, 9.17) is 4.74 Å². The Morgan fingerprint density at radius 2 is 2.04 bits per heavy atom. The minimum Gasteiger partial charge on any atom is -0.377 e. The average molecular weight is 324 g/mol. The Bertz CT molecular complexity index is 757. The van der Waals surface area contributed by atoms with Crippen LogP contribution in [-0.4, -0.2) is 29.6 Å². The predicted molar refractivity (Wildman–Crippen MR) is 92.8 cm³/mol. The standard InChI is InChI=1S/C20H24N2O2/c23-20(14-5-6-16-13(11-14)7-9-21-16)22-18-15-8-10-24-19(15)17(18)12-3-1-2-4-12/h5-7,9,11-12,15,17-19,21H,1-4,8,10H2,(H,22,23)/t15-,17+,18+,19-/m1/s1. The monoisotopic (exact) mass is 324 g/mol. The summed E-state index contributed by atoms with van der Waals surface area (Å²) in [6.07, 6.45) is 8.68. The molecule has 4 heteroatoms. The topological polar surface area (TPSA) is 54.1 Å². The lowest BCUT2D eigenvalue weighted by molar-refractivity contribution is -0.0784. The number of fused-ring (bicyclic) bond motifs is 2. The molecule has 4 atom stereocenters. The van der Waals surface area contributed by atoms with Crippen molar-refractivity contribution >= 4 is 16.8 Å². The van der Waals surface area contributed by atoms with E-state index in [0.717, 1.165) is 35.4 Å². The highest BCUT2D eigenvalue weighted by Gasteiger charge is 2.57. The highest BCUT2D eigenvalue weighted by Crippen LogP contribution is 2.51. The van der Waals surface area contributed by atoms with E-state index in [0.29, 0.717) is 24.0 Å². The Kier molecular flexibility index (Phi) is 3.40. The molecule has 0 spiro atoms. The molecule has 0 radical (unpaired) electrons. The molecule has 1 aromatic heterocycles. The van der Waals surface area contributed by atoms with Crippen molar-refractivity contribution in [3.8, 4) is 0 Å². The fraction of sp³-hybridized carbons (Fsp3) is 0.550. The second-order valence-electron chi connectivity index (χ2n) is 7.69. The summed E-state index contributed by atoms with van der Waals surface area (Å²) in [5.74, 6) is 1.86. The smallest absolute Gasteiger partial charge is 0.251 e. The van der Waals surface area contributed by atoms with Gasteiger partial charge in [-0.15, -0.1) is 0 Å². The van der Waals surface area contributed by atoms with Crippen LogP contribution in [0.2, 0.25) is 0 Å². The van der Waals surface area contributed by atoms with E-state index >= 15 is 0 Å². The number of ether oxygens (including phenoxy) is 1. The molecule has 1 aliphatic heterocycles. The molecule has 126 valence electrons. The number of hydrogen-bond donors (Lipinski definition) is 2. The zero-order valence-corrected chi connectivity index (χ0v) is 13.8. The van der Waals surface area contributed by atoms with Crippen LogP contribution in [0.15, 0.2) is 30.5 Å². The number of amides is 1. The lowest BCUT2D eigenvalue weighted by Crippen LogP contribution is -2.63. The molecule has 2 aliphatic carbocycles. The van der Waals surface area contributed by atoms with Crippen molar-refractivity contribution in [1.82, 2.24) is 10.3 Å². The molecule has 2 heterocycles. The maximum atomic E-state index is 12.8. The molecule has 5 rings (SSSR count). The Balaban J connectivity index is 1.36. The molecule has 1 amide bonds. The number of carbonyl (C=O) groups is 1. The van der Waals surface area contributed by atoms with Gasteiger partial charge in [0.05, 0.1) is 6.10 Å². The number of hydrogen-bond acceptors (Lipinski definition) is 2. The van der Waals surface area contributed by atoms with Crippen molar-refractivity contribution in [2.45, 2.75) is 44.2 Å². The van der Waals surface area contributed by atoms with Gasteiger partial charge in [-0.2, -0.15) is 0 Å². The van der Waals surface area contributed by atoms with Gasteiger partial charge in [-0.05, 0) is 36.6 Å². The van der Waals surface area contributed by atoms with Crippen LogP contribution >= 0.6 is 0 Å². The minimum atomic E-state index is 0.0662. The zero-order valence-electron chi connectivity index (χ0n) is 13.8. The first-order valence-corrected chi connectivity index (χ1v) is 9.31. The van der Waals surface area contributed by atoms with Gasteiger partial charge in [0.1, 0.15) is 0 Å². The summed E-state index contributed by atoms with van der Waals surface area (Å²) in [6.45, 7) is 0.861. The molecular formula is C20H24N2O2. The first-order chi connectivity index (χ1) is 11.8. The number of H-pyrrole nitrogens is 1. The van der Waals surface area contributed by atoms with Gasteiger partial charge >= 0.3 is 0 Å². The number of aromatic nitrogens is 1. The molecule has 0 bridgehead atoms. The number of carbonyl (C=O) groups excluding carboxylic acids is 1. The van der Waals surface area contributed by atoms with Gasteiger partial charge in [0, 0.05) is 47.1 Å². The predicted octanol–water partition coefficient (Wildman–Crippen LogP) is 3.49. The van der Waals surface area contributed by atoms with Crippen LogP contribution in [0.5, 0.6) is 0 Å². The molecule has 2 saturated carbocycles. The van der Waals surface area contributed by atoms with Crippen LogP contribution in [0.25, 0.3) is 10.9 Å². The first-order valence-electron chi connectivity index (χ1n) is 9.31. The molecule has 2 N–H and O–H groups in total. The molecular weight excluding hydrogens is 300 g/mol. The van der Waals surface area contributed by atoms with Crippen molar-refractivity contribution in [3.05, 3.63) is 36.0 Å². The van der Waals surface area contributed by atoms with Crippen LogP contribution < -0.4 is 5.32 Å². The summed E-state index contributed by atoms with van der Waals surface area (Å²) in [7, 11) is 0. The largest absolute Gasteiger partial charge is 0.377 e. The Morgan fingerprint density at radius 1 is 1.17 bits per heavy atom. The Hall–Kier alpha value is -1.81. The molecule has 2 aromatic rings. The van der Waals surface area contributed by atoms with Crippen LogP contribution in [-0.2, 0) is 4.74 Å². The Labute approximate surface area is 142 Å². The van der Waals surface area contributed by atoms with E-state index in [2.05, 4.69) is 10.3 Å². The molecule has 1 saturated heterocycles. The van der Waals surface area contributed by atoms with Gasteiger partial charge in [0.15, 0.2) is 0 Å². The van der Waals surface area contributed by atoms with Crippen LogP contribution in [0.4, 0.5) is 0 Å². The maximum Gasteiger partial charge on any atom is 0.251 e. The normalized spacial score (nSPS) is 32.7. The summed E-state index contributed by atoms with van der Waals surface area (Å²) in [5.41, 5.74) is 1.83. The molecule has 1 aromatic carbocycles. The third kappa shape index (κ3) is 2.20. The molecule has 24 heavy (non-hydrogen) atoms. The third-order valence-corrected chi connectivity index (χ3v) is 6.50. The second-order valence-corrected chi connectivity index (χ2v) is 7.69. The highest BCUT2D eigenvalue weighted by atomic mass is 16.5. The minimum absolute atomic E-state index is 0.0662. The first kappa shape index (κ1) is 14.5. The molecule has 3 fully saturated rings. The van der Waals surface area contributed by atoms with Gasteiger partial charge in [-0.1, -0.05) is 25.7 Å². The van der Waals surface area contributed by atoms with Crippen LogP contribution in [0.3, 0.4) is 0 Å². The number of benzene rings is 1. The van der Waals surface area contributed by atoms with Crippen molar-refractivity contribution in [1.29, 1.82) is 0 Å². The van der Waals surface area contributed by atoms with E-state index in [9.17, 15) is 4.79 Å². The lowest BCUT2D eigenvalue weighted by Gasteiger charge is -2.50. The van der Waals surface area contributed by atoms with Gasteiger partial charge in [-0.25, -0.2) is 0 Å². The molecule has 4 nitrogen and oxygen atoms in total. The third-order valence-electron chi connectivity index (χ3n) is 6.50. The zero-order chi connectivity index (χ0) is 16.1. The summed E-state index contributed by atoms with van der Waals surface area (Å²) < 4.78 is 5.99.